The first-order chi connectivity index (χ1) is 14.3. The lowest BCUT2D eigenvalue weighted by molar-refractivity contribution is -0.116. The van der Waals surface area contributed by atoms with E-state index in [2.05, 4.69) is 15.4 Å². The zero-order chi connectivity index (χ0) is 21.4. The van der Waals surface area contributed by atoms with Gasteiger partial charge in [-0.05, 0) is 51.0 Å². The Morgan fingerprint density at radius 1 is 1.00 bits per heavy atom. The van der Waals surface area contributed by atoms with Gasteiger partial charge >= 0.3 is 0 Å². The van der Waals surface area contributed by atoms with Crippen molar-refractivity contribution in [2.45, 2.75) is 34.2 Å². The predicted octanol–water partition coefficient (Wildman–Crippen LogP) is 3.45. The molecule has 0 aliphatic carbocycles. The average molecular weight is 401 g/mol. The topological polar surface area (TPSA) is 81.8 Å². The third-order valence-corrected chi connectivity index (χ3v) is 5.09. The molecule has 4 aromatic rings. The molecule has 0 saturated heterocycles. The predicted molar refractivity (Wildman–Crippen MR) is 117 cm³/mol. The Morgan fingerprint density at radius 3 is 2.33 bits per heavy atom. The Balaban J connectivity index is 1.61. The highest BCUT2D eigenvalue weighted by Gasteiger charge is 2.14. The fourth-order valence-electron chi connectivity index (χ4n) is 3.65. The van der Waals surface area contributed by atoms with E-state index in [9.17, 15) is 9.59 Å². The Labute approximate surface area is 174 Å². The van der Waals surface area contributed by atoms with Crippen LogP contribution in [0.5, 0.6) is 0 Å². The summed E-state index contributed by atoms with van der Waals surface area (Å²) in [6, 6.07) is 11.8. The van der Waals surface area contributed by atoms with Gasteiger partial charge in [-0.2, -0.15) is 5.10 Å². The maximum Gasteiger partial charge on any atom is 0.264 e. The number of anilines is 1. The molecule has 0 radical (unpaired) electrons. The molecule has 7 heteroatoms. The van der Waals surface area contributed by atoms with E-state index in [1.165, 1.54) is 17.1 Å². The Bertz CT molecular complexity index is 1290. The summed E-state index contributed by atoms with van der Waals surface area (Å²) in [6.45, 7) is 7.81. The number of fused-ring (bicyclic) bond motifs is 1. The van der Waals surface area contributed by atoms with Crippen molar-refractivity contribution in [1.29, 1.82) is 0 Å². The largest absolute Gasteiger partial charge is 0.324 e. The van der Waals surface area contributed by atoms with E-state index in [1.807, 2.05) is 64.1 Å². The zero-order valence-electron chi connectivity index (χ0n) is 17.4. The lowest BCUT2D eigenvalue weighted by atomic mass is 10.1. The summed E-state index contributed by atoms with van der Waals surface area (Å²) in [5, 5.41) is 7.60. The van der Waals surface area contributed by atoms with Gasteiger partial charge in [-0.25, -0.2) is 9.67 Å². The number of nitrogens with zero attached hydrogens (tertiary/aromatic N) is 4. The van der Waals surface area contributed by atoms with Crippen molar-refractivity contribution in [3.8, 4) is 5.69 Å². The third-order valence-electron chi connectivity index (χ3n) is 5.09. The second kappa shape index (κ2) is 7.59. The fraction of sp³-hybridized carbons (Fsp3) is 0.217. The van der Waals surface area contributed by atoms with E-state index in [4.69, 9.17) is 0 Å². The van der Waals surface area contributed by atoms with Crippen LogP contribution in [0, 0.1) is 27.7 Å². The van der Waals surface area contributed by atoms with Crippen LogP contribution in [0.1, 0.15) is 22.3 Å². The molecular formula is C23H23N5O2. The van der Waals surface area contributed by atoms with Gasteiger partial charge in [0, 0.05) is 5.69 Å². The van der Waals surface area contributed by atoms with Crippen LogP contribution in [0.3, 0.4) is 0 Å². The van der Waals surface area contributed by atoms with Crippen molar-refractivity contribution >= 4 is 22.6 Å². The third kappa shape index (κ3) is 3.61. The van der Waals surface area contributed by atoms with Crippen LogP contribution >= 0.6 is 0 Å². The van der Waals surface area contributed by atoms with Crippen LogP contribution in [-0.4, -0.2) is 25.2 Å². The van der Waals surface area contributed by atoms with E-state index in [0.29, 0.717) is 11.0 Å². The Hall–Kier alpha value is -3.74. The summed E-state index contributed by atoms with van der Waals surface area (Å²) in [5.74, 6) is -0.278. The molecule has 0 aliphatic heterocycles. The summed E-state index contributed by atoms with van der Waals surface area (Å²) >= 11 is 0. The van der Waals surface area contributed by atoms with Crippen LogP contribution in [0.15, 0.2) is 53.7 Å². The molecule has 4 rings (SSSR count). The number of carbonyl (C=O) groups excluding carboxylic acids is 1. The van der Waals surface area contributed by atoms with Gasteiger partial charge in [0.25, 0.3) is 5.56 Å². The van der Waals surface area contributed by atoms with E-state index in [1.54, 1.807) is 4.68 Å². The zero-order valence-corrected chi connectivity index (χ0v) is 17.4. The lowest BCUT2D eigenvalue weighted by Gasteiger charge is -2.13. The summed E-state index contributed by atoms with van der Waals surface area (Å²) in [7, 11) is 0. The molecule has 2 aromatic carbocycles. The number of benzene rings is 2. The van der Waals surface area contributed by atoms with Crippen molar-refractivity contribution < 1.29 is 4.79 Å². The maximum atomic E-state index is 12.9. The number of rotatable bonds is 4. The molecule has 0 fully saturated rings. The highest BCUT2D eigenvalue weighted by molar-refractivity contribution is 5.92. The summed E-state index contributed by atoms with van der Waals surface area (Å²) < 4.78 is 2.93. The highest BCUT2D eigenvalue weighted by Crippen LogP contribution is 2.22. The average Bonchev–Trinajstić information content (AvgIpc) is 3.12. The minimum Gasteiger partial charge on any atom is -0.324 e. The number of nitrogens with one attached hydrogen (secondary N) is 1. The van der Waals surface area contributed by atoms with E-state index >= 15 is 0 Å². The lowest BCUT2D eigenvalue weighted by Crippen LogP contribution is -2.28. The molecule has 0 saturated carbocycles. The molecule has 30 heavy (non-hydrogen) atoms. The summed E-state index contributed by atoms with van der Waals surface area (Å²) in [6.07, 6.45) is 2.89. The monoisotopic (exact) mass is 401 g/mol. The van der Waals surface area contributed by atoms with Crippen molar-refractivity contribution in [3.05, 3.63) is 81.5 Å². The first-order valence-electron chi connectivity index (χ1n) is 9.71. The summed E-state index contributed by atoms with van der Waals surface area (Å²) in [5.41, 5.74) is 6.01. The van der Waals surface area contributed by atoms with Gasteiger partial charge in [-0.3, -0.25) is 14.2 Å². The molecule has 2 aromatic heterocycles. The first kappa shape index (κ1) is 19.6. The van der Waals surface area contributed by atoms with Gasteiger partial charge in [0.15, 0.2) is 5.65 Å². The molecule has 152 valence electrons. The molecule has 0 atom stereocenters. The number of hydrogen-bond acceptors (Lipinski definition) is 4. The van der Waals surface area contributed by atoms with Crippen LogP contribution in [0.4, 0.5) is 5.69 Å². The minimum absolute atomic E-state index is 0.121. The van der Waals surface area contributed by atoms with Gasteiger partial charge in [-0.15, -0.1) is 0 Å². The standard InChI is InChI=1S/C23H23N5O2/c1-14-5-7-18(8-6-14)28-22-19(11-25-28)23(30)27(13-24-22)12-20(29)26-21-16(3)9-15(2)10-17(21)4/h5-11,13H,12H2,1-4H3,(H,26,29). The highest BCUT2D eigenvalue weighted by atomic mass is 16.2. The Morgan fingerprint density at radius 2 is 1.67 bits per heavy atom. The molecular weight excluding hydrogens is 378 g/mol. The van der Waals surface area contributed by atoms with Gasteiger partial charge in [0.2, 0.25) is 5.91 Å². The molecule has 1 N–H and O–H groups in total. The van der Waals surface area contributed by atoms with E-state index < -0.39 is 0 Å². The molecule has 7 nitrogen and oxygen atoms in total. The van der Waals surface area contributed by atoms with Crippen LogP contribution < -0.4 is 10.9 Å². The number of carbonyl (C=O) groups is 1. The molecule has 0 aliphatic rings. The fourth-order valence-corrected chi connectivity index (χ4v) is 3.65. The van der Waals surface area contributed by atoms with E-state index in [0.717, 1.165) is 33.6 Å². The van der Waals surface area contributed by atoms with Crippen molar-refractivity contribution in [1.82, 2.24) is 19.3 Å². The number of aromatic nitrogens is 4. The normalized spacial score (nSPS) is 11.1. The smallest absolute Gasteiger partial charge is 0.264 e. The maximum absolute atomic E-state index is 12.9. The van der Waals surface area contributed by atoms with Crippen molar-refractivity contribution in [3.63, 3.8) is 0 Å². The second-order valence-corrected chi connectivity index (χ2v) is 7.63. The van der Waals surface area contributed by atoms with E-state index in [-0.39, 0.29) is 18.0 Å². The van der Waals surface area contributed by atoms with Gasteiger partial charge in [-0.1, -0.05) is 35.4 Å². The first-order valence-corrected chi connectivity index (χ1v) is 9.71. The van der Waals surface area contributed by atoms with Crippen molar-refractivity contribution in [2.75, 3.05) is 5.32 Å². The summed E-state index contributed by atoms with van der Waals surface area (Å²) in [4.78, 5) is 29.9. The quantitative estimate of drug-likeness (QED) is 0.568. The van der Waals surface area contributed by atoms with Gasteiger partial charge < -0.3 is 5.32 Å². The SMILES string of the molecule is Cc1ccc(-n2ncc3c(=O)n(CC(=O)Nc4c(C)cc(C)cc4C)cnc32)cc1. The molecule has 0 bridgehead atoms. The van der Waals surface area contributed by atoms with Crippen LogP contribution in [0.2, 0.25) is 0 Å². The van der Waals surface area contributed by atoms with Crippen molar-refractivity contribution in [2.24, 2.45) is 0 Å². The molecule has 1 amide bonds. The molecule has 0 spiro atoms. The molecule has 2 heterocycles. The number of hydrogen-bond donors (Lipinski definition) is 1. The number of amides is 1. The minimum atomic E-state index is -0.300. The van der Waals surface area contributed by atoms with Crippen LogP contribution in [0.25, 0.3) is 16.7 Å². The second-order valence-electron chi connectivity index (χ2n) is 7.63. The molecule has 0 unspecified atom stereocenters. The Kier molecular flexibility index (Phi) is 4.95. The van der Waals surface area contributed by atoms with Gasteiger partial charge in [0.05, 0.1) is 11.9 Å². The van der Waals surface area contributed by atoms with Crippen LogP contribution in [-0.2, 0) is 11.3 Å². The number of aryl methyl sites for hydroxylation is 4. The van der Waals surface area contributed by atoms with Gasteiger partial charge in [0.1, 0.15) is 18.3 Å².